The maximum absolute atomic E-state index is 10.7. The normalized spacial score (nSPS) is 11.3. The van der Waals surface area contributed by atoms with Gasteiger partial charge < -0.3 is 18.7 Å². The molecule has 0 amide bonds. The Hall–Kier alpha value is -1.05. The van der Waals surface area contributed by atoms with Gasteiger partial charge in [-0.2, -0.15) is 0 Å². The summed E-state index contributed by atoms with van der Waals surface area (Å²) in [4.78, 5) is 10.1. The molecule has 1 aromatic carbocycles. The van der Waals surface area contributed by atoms with Crippen molar-refractivity contribution >= 4 is 24.2 Å². The summed E-state index contributed by atoms with van der Waals surface area (Å²) in [5.41, 5.74) is -0.0563. The highest BCUT2D eigenvalue weighted by Gasteiger charge is 2.20. The minimum atomic E-state index is -2.89. The molecule has 100 valence electrons. The minimum absolute atomic E-state index is 0.131. The Morgan fingerprint density at radius 3 is 2.50 bits per heavy atom. The first-order valence-electron chi connectivity index (χ1n) is 4.75. The fourth-order valence-corrected chi connectivity index (χ4v) is 2.13. The zero-order chi connectivity index (χ0) is 13.8. The molecule has 0 spiro atoms. The number of aliphatic hydroxyl groups excluding tert-OH is 1. The van der Waals surface area contributed by atoms with E-state index >= 15 is 0 Å². The lowest BCUT2D eigenvalue weighted by Crippen LogP contribution is -1.99. The average molecular weight is 293 g/mol. The van der Waals surface area contributed by atoms with E-state index < -0.39 is 18.2 Å². The summed E-state index contributed by atoms with van der Waals surface area (Å²) in [5.74, 6) is 0.247. The molecule has 1 N–H and O–H groups in total. The third-order valence-electron chi connectivity index (χ3n) is 2.08. The van der Waals surface area contributed by atoms with Crippen LogP contribution >= 0.6 is 6.72 Å². The average Bonchev–Trinajstić information content (AvgIpc) is 2.38. The molecule has 18 heavy (non-hydrogen) atoms. The van der Waals surface area contributed by atoms with Gasteiger partial charge in [0.05, 0.1) is 17.1 Å². The van der Waals surface area contributed by atoms with Gasteiger partial charge in [-0.05, 0) is 12.1 Å². The third kappa shape index (κ3) is 3.47. The molecule has 0 aromatic heterocycles. The van der Waals surface area contributed by atoms with Crippen molar-refractivity contribution in [2.75, 3.05) is 14.2 Å². The van der Waals surface area contributed by atoms with Crippen molar-refractivity contribution in [1.29, 1.82) is 0 Å². The number of aliphatic hydroxyl groups is 1. The van der Waals surface area contributed by atoms with Crippen molar-refractivity contribution < 1.29 is 23.6 Å². The molecule has 0 atom stereocenters. The Bertz CT molecular complexity index is 486. The van der Waals surface area contributed by atoms with Crippen LogP contribution in [0.3, 0.4) is 0 Å². The monoisotopic (exact) mass is 293 g/mol. The molecule has 9 heteroatoms. The number of nitrogens with zero attached hydrogens (tertiary/aromatic N) is 1. The standard InChI is InChI=1S/C9H12NO6PS/c1-14-17(18,15-2)16-8-3-4-9(10(12)13)7(5-8)6-11/h3-5,11H,6H2,1-2H3. The molecule has 1 aromatic rings. The van der Waals surface area contributed by atoms with Crippen molar-refractivity contribution in [2.24, 2.45) is 0 Å². The number of hydrogen-bond donors (Lipinski definition) is 1. The predicted molar refractivity (Wildman–Crippen MR) is 68.0 cm³/mol. The quantitative estimate of drug-likeness (QED) is 0.487. The van der Waals surface area contributed by atoms with Gasteiger partial charge in [-0.25, -0.2) is 0 Å². The van der Waals surface area contributed by atoms with Crippen LogP contribution in [0.1, 0.15) is 5.56 Å². The van der Waals surface area contributed by atoms with Gasteiger partial charge in [0.2, 0.25) is 0 Å². The van der Waals surface area contributed by atoms with Crippen molar-refractivity contribution in [2.45, 2.75) is 6.61 Å². The van der Waals surface area contributed by atoms with Crippen LogP contribution in [-0.2, 0) is 27.5 Å². The second kappa shape index (κ2) is 6.21. The Labute approximate surface area is 109 Å². The SMILES string of the molecule is COP(=S)(OC)Oc1ccc([N+](=O)[O-])c(CO)c1. The number of rotatable bonds is 6. The van der Waals surface area contributed by atoms with E-state index in [1.165, 1.54) is 32.4 Å². The number of nitro benzene ring substituents is 1. The van der Waals surface area contributed by atoms with Crippen molar-refractivity contribution in [3.63, 3.8) is 0 Å². The Morgan fingerprint density at radius 1 is 1.44 bits per heavy atom. The topological polar surface area (TPSA) is 91.1 Å². The molecule has 0 fully saturated rings. The first-order valence-corrected chi connectivity index (χ1v) is 7.30. The van der Waals surface area contributed by atoms with Crippen LogP contribution < -0.4 is 4.52 Å². The zero-order valence-corrected chi connectivity index (χ0v) is 11.4. The molecule has 0 aliphatic carbocycles. The highest BCUT2D eigenvalue weighted by molar-refractivity contribution is 8.07. The van der Waals surface area contributed by atoms with Gasteiger partial charge in [-0.3, -0.25) is 10.1 Å². The fourth-order valence-electron chi connectivity index (χ4n) is 1.20. The molecule has 0 heterocycles. The van der Waals surface area contributed by atoms with Gasteiger partial charge in [-0.15, -0.1) is 0 Å². The van der Waals surface area contributed by atoms with E-state index in [9.17, 15) is 10.1 Å². The molecule has 1 rings (SSSR count). The molecule has 0 unspecified atom stereocenters. The van der Waals surface area contributed by atoms with Gasteiger partial charge in [0.25, 0.3) is 5.69 Å². The van der Waals surface area contributed by atoms with Gasteiger partial charge in [0.1, 0.15) is 5.75 Å². The van der Waals surface area contributed by atoms with Crippen LogP contribution in [0.2, 0.25) is 0 Å². The first-order chi connectivity index (χ1) is 8.45. The second-order valence-corrected chi connectivity index (χ2v) is 6.26. The van der Waals surface area contributed by atoms with Crippen LogP contribution in [0.5, 0.6) is 5.75 Å². The van der Waals surface area contributed by atoms with E-state index in [1.807, 2.05) is 0 Å². The smallest absolute Gasteiger partial charge is 0.380 e. The summed E-state index contributed by atoms with van der Waals surface area (Å²) in [6.07, 6.45) is 0. The van der Waals surface area contributed by atoms with Gasteiger partial charge in [-0.1, -0.05) is 0 Å². The lowest BCUT2D eigenvalue weighted by molar-refractivity contribution is -0.385. The fraction of sp³-hybridized carbons (Fsp3) is 0.333. The van der Waals surface area contributed by atoms with Gasteiger partial charge in [0.15, 0.2) is 0 Å². The van der Waals surface area contributed by atoms with E-state index in [4.69, 9.17) is 30.5 Å². The molecule has 0 radical (unpaired) electrons. The second-order valence-electron chi connectivity index (χ2n) is 3.11. The van der Waals surface area contributed by atoms with E-state index in [0.29, 0.717) is 0 Å². The van der Waals surface area contributed by atoms with Crippen LogP contribution in [0.25, 0.3) is 0 Å². The molecule has 7 nitrogen and oxygen atoms in total. The maximum Gasteiger partial charge on any atom is 0.380 e. The lowest BCUT2D eigenvalue weighted by atomic mass is 10.2. The summed E-state index contributed by atoms with van der Waals surface area (Å²) < 4.78 is 15.2. The van der Waals surface area contributed by atoms with Gasteiger partial charge in [0, 0.05) is 32.1 Å². The molecule has 0 saturated carbocycles. The summed E-state index contributed by atoms with van der Waals surface area (Å²) in [5, 5.41) is 19.7. The summed E-state index contributed by atoms with van der Waals surface area (Å²) in [6, 6.07) is 3.93. The molecular weight excluding hydrogens is 281 g/mol. The third-order valence-corrected chi connectivity index (χ3v) is 4.53. The van der Waals surface area contributed by atoms with E-state index in [-0.39, 0.29) is 17.0 Å². The number of benzene rings is 1. The molecule has 0 aliphatic rings. The van der Waals surface area contributed by atoms with E-state index in [1.54, 1.807) is 0 Å². The molecule has 0 bridgehead atoms. The predicted octanol–water partition coefficient (Wildman–Crippen LogP) is 1.98. The summed E-state index contributed by atoms with van der Waals surface area (Å²) >= 11 is 5.00. The maximum atomic E-state index is 10.7. The first kappa shape index (κ1) is 15.0. The molecular formula is C9H12NO6PS. The highest BCUT2D eigenvalue weighted by Crippen LogP contribution is 2.48. The largest absolute Gasteiger partial charge is 0.424 e. The number of hydrogen-bond acceptors (Lipinski definition) is 7. The van der Waals surface area contributed by atoms with Crippen molar-refractivity contribution in [3.8, 4) is 5.75 Å². The zero-order valence-electron chi connectivity index (χ0n) is 9.73. The Morgan fingerprint density at radius 2 is 2.06 bits per heavy atom. The molecule has 0 saturated heterocycles. The Kier molecular flexibility index (Phi) is 5.18. The van der Waals surface area contributed by atoms with Crippen molar-refractivity contribution in [3.05, 3.63) is 33.9 Å². The van der Waals surface area contributed by atoms with Gasteiger partial charge >= 0.3 is 6.72 Å². The lowest BCUT2D eigenvalue weighted by Gasteiger charge is -2.18. The van der Waals surface area contributed by atoms with Crippen LogP contribution in [0.4, 0.5) is 5.69 Å². The van der Waals surface area contributed by atoms with Crippen molar-refractivity contribution in [1.82, 2.24) is 0 Å². The molecule has 0 aliphatic heterocycles. The van der Waals surface area contributed by atoms with E-state index in [0.717, 1.165) is 0 Å². The minimum Gasteiger partial charge on any atom is -0.424 e. The van der Waals surface area contributed by atoms with Crippen LogP contribution in [0, 0.1) is 10.1 Å². The van der Waals surface area contributed by atoms with E-state index in [2.05, 4.69) is 0 Å². The summed E-state index contributed by atoms with van der Waals surface area (Å²) in [7, 11) is 2.70. The van der Waals surface area contributed by atoms with Crippen LogP contribution in [-0.4, -0.2) is 24.2 Å². The van der Waals surface area contributed by atoms with Crippen LogP contribution in [0.15, 0.2) is 18.2 Å². The summed E-state index contributed by atoms with van der Waals surface area (Å²) in [6.45, 7) is -3.37. The Balaban J connectivity index is 3.06. The number of nitro groups is 1. The highest BCUT2D eigenvalue weighted by atomic mass is 32.5.